The van der Waals surface area contributed by atoms with Gasteiger partial charge in [-0.2, -0.15) is 0 Å². The first-order chi connectivity index (χ1) is 7.22. The summed E-state index contributed by atoms with van der Waals surface area (Å²) in [6.45, 7) is 2.30. The van der Waals surface area contributed by atoms with Crippen LogP contribution >= 0.6 is 0 Å². The lowest BCUT2D eigenvalue weighted by Crippen LogP contribution is -2.24. The fourth-order valence-corrected chi connectivity index (χ4v) is 1.19. The third-order valence-electron chi connectivity index (χ3n) is 1.84. The largest absolute Gasteiger partial charge is 0.447 e. The van der Waals surface area contributed by atoms with Crippen LogP contribution in [0.5, 0.6) is 0 Å². The monoisotopic (exact) mass is 209 g/mol. The van der Waals surface area contributed by atoms with E-state index in [-0.39, 0.29) is 13.2 Å². The number of aliphatic hydroxyl groups excluding tert-OH is 1. The molecule has 0 saturated heterocycles. The van der Waals surface area contributed by atoms with Crippen LogP contribution in [0.15, 0.2) is 24.3 Å². The van der Waals surface area contributed by atoms with Crippen LogP contribution in [0.1, 0.15) is 11.1 Å². The van der Waals surface area contributed by atoms with Crippen molar-refractivity contribution in [2.24, 2.45) is 0 Å². The third kappa shape index (κ3) is 4.46. The molecule has 1 aromatic rings. The summed E-state index contributed by atoms with van der Waals surface area (Å²) >= 11 is 0. The number of aliphatic hydroxyl groups is 1. The van der Waals surface area contributed by atoms with Gasteiger partial charge in [-0.05, 0) is 12.5 Å². The Morgan fingerprint density at radius 2 is 2.33 bits per heavy atom. The topological polar surface area (TPSA) is 58.6 Å². The van der Waals surface area contributed by atoms with Crippen molar-refractivity contribution < 1.29 is 14.6 Å². The molecular formula is C11H15NO3. The number of hydrogen-bond acceptors (Lipinski definition) is 3. The molecule has 2 N–H and O–H groups in total. The van der Waals surface area contributed by atoms with E-state index >= 15 is 0 Å². The van der Waals surface area contributed by atoms with E-state index in [2.05, 4.69) is 10.1 Å². The first kappa shape index (κ1) is 11.5. The highest BCUT2D eigenvalue weighted by atomic mass is 16.6. The Hall–Kier alpha value is -1.55. The molecule has 0 unspecified atom stereocenters. The number of carbonyl (C=O) groups excluding carboxylic acids is 1. The van der Waals surface area contributed by atoms with Crippen LogP contribution in [0, 0.1) is 6.92 Å². The fourth-order valence-electron chi connectivity index (χ4n) is 1.19. The lowest BCUT2D eigenvalue weighted by atomic mass is 10.1. The molecule has 0 aromatic heterocycles. The van der Waals surface area contributed by atoms with Crippen LogP contribution in [-0.4, -0.2) is 24.4 Å². The Labute approximate surface area is 88.9 Å². The van der Waals surface area contributed by atoms with Gasteiger partial charge >= 0.3 is 6.09 Å². The summed E-state index contributed by atoms with van der Waals surface area (Å²) in [5, 5.41) is 11.0. The quantitative estimate of drug-likeness (QED) is 0.783. The van der Waals surface area contributed by atoms with Gasteiger partial charge in [0.05, 0.1) is 6.61 Å². The molecule has 0 saturated carbocycles. The van der Waals surface area contributed by atoms with Gasteiger partial charge in [0.2, 0.25) is 0 Å². The van der Waals surface area contributed by atoms with Crippen molar-refractivity contribution >= 4 is 6.09 Å². The maximum atomic E-state index is 11.0. The minimum atomic E-state index is -0.509. The van der Waals surface area contributed by atoms with Crippen molar-refractivity contribution in [1.29, 1.82) is 0 Å². The zero-order chi connectivity index (χ0) is 11.1. The number of amides is 1. The minimum absolute atomic E-state index is 0.0274. The predicted octanol–water partition coefficient (Wildman–Crippen LogP) is 1.21. The van der Waals surface area contributed by atoms with Gasteiger partial charge in [-0.1, -0.05) is 29.8 Å². The number of hydrogen-bond donors (Lipinski definition) is 2. The van der Waals surface area contributed by atoms with E-state index in [0.29, 0.717) is 6.54 Å². The van der Waals surface area contributed by atoms with Crippen LogP contribution in [-0.2, 0) is 11.3 Å². The van der Waals surface area contributed by atoms with E-state index in [1.165, 1.54) is 0 Å². The molecule has 1 rings (SSSR count). The Bertz CT molecular complexity index is 325. The summed E-state index contributed by atoms with van der Waals surface area (Å²) in [5.41, 5.74) is 2.17. The highest BCUT2D eigenvalue weighted by Crippen LogP contribution is 2.03. The van der Waals surface area contributed by atoms with Gasteiger partial charge in [0.1, 0.15) is 6.61 Å². The Morgan fingerprint density at radius 3 is 3.00 bits per heavy atom. The molecule has 0 aliphatic carbocycles. The molecule has 4 nitrogen and oxygen atoms in total. The number of aryl methyl sites for hydroxylation is 1. The summed E-state index contributed by atoms with van der Waals surface area (Å²) in [5.74, 6) is 0. The van der Waals surface area contributed by atoms with E-state index in [0.717, 1.165) is 11.1 Å². The van der Waals surface area contributed by atoms with Gasteiger partial charge in [-0.25, -0.2) is 4.79 Å². The number of ether oxygens (including phenoxy) is 1. The molecule has 0 bridgehead atoms. The zero-order valence-electron chi connectivity index (χ0n) is 8.69. The molecule has 0 heterocycles. The summed E-state index contributed by atoms with van der Waals surface area (Å²) in [6.07, 6.45) is -0.509. The lowest BCUT2D eigenvalue weighted by Gasteiger charge is -2.06. The van der Waals surface area contributed by atoms with Crippen molar-refractivity contribution in [3.63, 3.8) is 0 Å². The normalized spacial score (nSPS) is 9.73. The van der Waals surface area contributed by atoms with E-state index in [1.807, 2.05) is 31.2 Å². The van der Waals surface area contributed by atoms with Crippen LogP contribution in [0.2, 0.25) is 0 Å². The molecule has 0 atom stereocenters. The zero-order valence-corrected chi connectivity index (χ0v) is 8.69. The molecule has 0 spiro atoms. The molecule has 0 aliphatic heterocycles. The molecule has 15 heavy (non-hydrogen) atoms. The summed E-state index contributed by atoms with van der Waals surface area (Å²) in [4.78, 5) is 11.0. The molecule has 1 aromatic carbocycles. The maximum absolute atomic E-state index is 11.0. The standard InChI is InChI=1S/C11H15NO3/c1-9-3-2-4-10(7-9)8-12-11(14)15-6-5-13/h2-4,7,13H,5-6,8H2,1H3,(H,12,14). The van der Waals surface area contributed by atoms with Crippen molar-refractivity contribution in [3.8, 4) is 0 Å². The molecule has 0 radical (unpaired) electrons. The average Bonchev–Trinajstić information content (AvgIpc) is 2.23. The first-order valence-electron chi connectivity index (χ1n) is 4.79. The molecule has 0 fully saturated rings. The van der Waals surface area contributed by atoms with Crippen molar-refractivity contribution in [1.82, 2.24) is 5.32 Å². The second-order valence-corrected chi connectivity index (χ2v) is 3.20. The summed E-state index contributed by atoms with van der Waals surface area (Å²) < 4.78 is 4.64. The first-order valence-corrected chi connectivity index (χ1v) is 4.79. The number of rotatable bonds is 4. The van der Waals surface area contributed by atoms with Gasteiger partial charge in [0.15, 0.2) is 0 Å². The molecule has 0 aliphatic rings. The number of benzene rings is 1. The molecular weight excluding hydrogens is 194 g/mol. The van der Waals surface area contributed by atoms with Gasteiger partial charge in [0, 0.05) is 6.54 Å². The van der Waals surface area contributed by atoms with Crippen LogP contribution < -0.4 is 5.32 Å². The van der Waals surface area contributed by atoms with Gasteiger partial charge in [-0.3, -0.25) is 0 Å². The average molecular weight is 209 g/mol. The Kier molecular flexibility index (Phi) is 4.63. The van der Waals surface area contributed by atoms with E-state index < -0.39 is 6.09 Å². The van der Waals surface area contributed by atoms with E-state index in [9.17, 15) is 4.79 Å². The SMILES string of the molecule is Cc1cccc(CNC(=O)OCCO)c1. The van der Waals surface area contributed by atoms with Crippen molar-refractivity contribution in [3.05, 3.63) is 35.4 Å². The second kappa shape index (κ2) is 6.03. The van der Waals surface area contributed by atoms with Gasteiger partial charge in [-0.15, -0.1) is 0 Å². The lowest BCUT2D eigenvalue weighted by molar-refractivity contribution is 0.119. The minimum Gasteiger partial charge on any atom is -0.447 e. The third-order valence-corrected chi connectivity index (χ3v) is 1.84. The highest BCUT2D eigenvalue weighted by Gasteiger charge is 2.00. The van der Waals surface area contributed by atoms with E-state index in [1.54, 1.807) is 0 Å². The van der Waals surface area contributed by atoms with Gasteiger partial charge in [0.25, 0.3) is 0 Å². The Morgan fingerprint density at radius 1 is 1.53 bits per heavy atom. The van der Waals surface area contributed by atoms with E-state index in [4.69, 9.17) is 5.11 Å². The number of nitrogens with one attached hydrogen (secondary N) is 1. The predicted molar refractivity (Wildman–Crippen MR) is 56.5 cm³/mol. The van der Waals surface area contributed by atoms with Crippen molar-refractivity contribution in [2.45, 2.75) is 13.5 Å². The number of carbonyl (C=O) groups is 1. The van der Waals surface area contributed by atoms with Crippen LogP contribution in [0.25, 0.3) is 0 Å². The molecule has 82 valence electrons. The fraction of sp³-hybridized carbons (Fsp3) is 0.364. The maximum Gasteiger partial charge on any atom is 0.407 e. The number of alkyl carbamates (subject to hydrolysis) is 1. The molecule has 1 amide bonds. The second-order valence-electron chi connectivity index (χ2n) is 3.20. The smallest absolute Gasteiger partial charge is 0.407 e. The van der Waals surface area contributed by atoms with Crippen molar-refractivity contribution in [2.75, 3.05) is 13.2 Å². The Balaban J connectivity index is 2.33. The van der Waals surface area contributed by atoms with Crippen LogP contribution in [0.3, 0.4) is 0 Å². The van der Waals surface area contributed by atoms with Crippen LogP contribution in [0.4, 0.5) is 4.79 Å². The summed E-state index contributed by atoms with van der Waals surface area (Å²) in [7, 11) is 0. The van der Waals surface area contributed by atoms with Gasteiger partial charge < -0.3 is 15.2 Å². The summed E-state index contributed by atoms with van der Waals surface area (Å²) in [6, 6.07) is 7.85. The highest BCUT2D eigenvalue weighted by molar-refractivity contribution is 5.67. The molecule has 4 heteroatoms.